The van der Waals surface area contributed by atoms with E-state index in [4.69, 9.17) is 4.74 Å². The molecule has 0 spiro atoms. The Labute approximate surface area is 104 Å². The molecule has 1 aromatic carbocycles. The highest BCUT2D eigenvalue weighted by atomic mass is 16.5. The molecule has 1 unspecified atom stereocenters. The number of ether oxygens (including phenoxy) is 1. The summed E-state index contributed by atoms with van der Waals surface area (Å²) in [6, 6.07) is 6.48. The SMILES string of the molecule is COc1ccc(C)cc1C1(C(C)C)CCCN1. The summed E-state index contributed by atoms with van der Waals surface area (Å²) in [5.41, 5.74) is 2.72. The van der Waals surface area contributed by atoms with Gasteiger partial charge in [-0.2, -0.15) is 0 Å². The summed E-state index contributed by atoms with van der Waals surface area (Å²) in [6.45, 7) is 7.83. The molecule has 1 fully saturated rings. The molecule has 17 heavy (non-hydrogen) atoms. The Kier molecular flexibility index (Phi) is 3.43. The zero-order valence-corrected chi connectivity index (χ0v) is 11.3. The Morgan fingerprint density at radius 2 is 2.12 bits per heavy atom. The van der Waals surface area contributed by atoms with E-state index in [2.05, 4.69) is 44.3 Å². The van der Waals surface area contributed by atoms with E-state index in [9.17, 15) is 0 Å². The molecule has 1 atom stereocenters. The maximum absolute atomic E-state index is 5.55. The van der Waals surface area contributed by atoms with Crippen LogP contribution in [0.1, 0.15) is 37.8 Å². The first-order valence-electron chi connectivity index (χ1n) is 6.50. The van der Waals surface area contributed by atoms with Gasteiger partial charge in [0.1, 0.15) is 5.75 Å². The number of hydrogen-bond donors (Lipinski definition) is 1. The van der Waals surface area contributed by atoms with E-state index in [0.717, 1.165) is 12.3 Å². The summed E-state index contributed by atoms with van der Waals surface area (Å²) in [5, 5.41) is 3.71. The third kappa shape index (κ3) is 2.06. The third-order valence-corrected chi connectivity index (χ3v) is 4.01. The van der Waals surface area contributed by atoms with Gasteiger partial charge in [0.2, 0.25) is 0 Å². The normalized spacial score (nSPS) is 24.3. The fourth-order valence-electron chi connectivity index (χ4n) is 2.97. The van der Waals surface area contributed by atoms with E-state index in [0.29, 0.717) is 5.92 Å². The number of nitrogens with one attached hydrogen (secondary N) is 1. The van der Waals surface area contributed by atoms with Crippen molar-refractivity contribution >= 4 is 0 Å². The van der Waals surface area contributed by atoms with Crippen molar-refractivity contribution in [3.05, 3.63) is 29.3 Å². The van der Waals surface area contributed by atoms with Crippen molar-refractivity contribution in [3.8, 4) is 5.75 Å². The summed E-state index contributed by atoms with van der Waals surface area (Å²) < 4.78 is 5.55. The van der Waals surface area contributed by atoms with Crippen LogP contribution in [0, 0.1) is 12.8 Å². The Morgan fingerprint density at radius 1 is 1.35 bits per heavy atom. The molecule has 1 aliphatic heterocycles. The van der Waals surface area contributed by atoms with Crippen LogP contribution >= 0.6 is 0 Å². The molecule has 2 rings (SSSR count). The van der Waals surface area contributed by atoms with Crippen LogP contribution in [-0.2, 0) is 5.54 Å². The van der Waals surface area contributed by atoms with Crippen LogP contribution in [0.2, 0.25) is 0 Å². The molecular formula is C15H23NO. The van der Waals surface area contributed by atoms with Crippen LogP contribution in [0.25, 0.3) is 0 Å². The van der Waals surface area contributed by atoms with Crippen molar-refractivity contribution in [2.75, 3.05) is 13.7 Å². The van der Waals surface area contributed by atoms with Gasteiger partial charge >= 0.3 is 0 Å². The topological polar surface area (TPSA) is 21.3 Å². The molecule has 2 heteroatoms. The van der Waals surface area contributed by atoms with E-state index in [1.54, 1.807) is 7.11 Å². The van der Waals surface area contributed by atoms with Gasteiger partial charge in [-0.1, -0.05) is 31.5 Å². The third-order valence-electron chi connectivity index (χ3n) is 4.01. The van der Waals surface area contributed by atoms with Crippen molar-refractivity contribution < 1.29 is 4.74 Å². The second kappa shape index (κ2) is 4.69. The lowest BCUT2D eigenvalue weighted by Gasteiger charge is -2.36. The zero-order valence-electron chi connectivity index (χ0n) is 11.3. The Hall–Kier alpha value is -1.02. The van der Waals surface area contributed by atoms with Crippen molar-refractivity contribution in [1.29, 1.82) is 0 Å². The lowest BCUT2D eigenvalue weighted by atomic mass is 9.78. The van der Waals surface area contributed by atoms with Gasteiger partial charge in [-0.3, -0.25) is 0 Å². The average Bonchev–Trinajstić information content (AvgIpc) is 2.79. The molecule has 1 heterocycles. The van der Waals surface area contributed by atoms with Crippen molar-refractivity contribution in [3.63, 3.8) is 0 Å². The van der Waals surface area contributed by atoms with Crippen LogP contribution in [0.3, 0.4) is 0 Å². The standard InChI is InChI=1S/C15H23NO/c1-11(2)15(8-5-9-16-15)13-10-12(3)6-7-14(13)17-4/h6-7,10-11,16H,5,8-9H2,1-4H3. The summed E-state index contributed by atoms with van der Waals surface area (Å²) in [4.78, 5) is 0. The van der Waals surface area contributed by atoms with E-state index in [-0.39, 0.29) is 5.54 Å². The monoisotopic (exact) mass is 233 g/mol. The van der Waals surface area contributed by atoms with E-state index in [1.807, 2.05) is 0 Å². The fourth-order valence-corrected chi connectivity index (χ4v) is 2.97. The van der Waals surface area contributed by atoms with Gasteiger partial charge in [0.25, 0.3) is 0 Å². The smallest absolute Gasteiger partial charge is 0.123 e. The first kappa shape index (κ1) is 12.4. The first-order chi connectivity index (χ1) is 8.10. The van der Waals surface area contributed by atoms with E-state index in [1.165, 1.54) is 24.0 Å². The maximum atomic E-state index is 5.55. The molecule has 2 nitrogen and oxygen atoms in total. The van der Waals surface area contributed by atoms with Crippen LogP contribution in [0.4, 0.5) is 0 Å². The molecule has 0 amide bonds. The molecule has 0 aromatic heterocycles. The largest absolute Gasteiger partial charge is 0.496 e. The molecule has 1 saturated heterocycles. The second-order valence-electron chi connectivity index (χ2n) is 5.36. The predicted octanol–water partition coefficient (Wildman–Crippen LogP) is 3.24. The first-order valence-corrected chi connectivity index (χ1v) is 6.50. The number of benzene rings is 1. The van der Waals surface area contributed by atoms with E-state index < -0.39 is 0 Å². The van der Waals surface area contributed by atoms with Crippen molar-refractivity contribution in [2.24, 2.45) is 5.92 Å². The molecular weight excluding hydrogens is 210 g/mol. The molecule has 0 aliphatic carbocycles. The molecule has 94 valence electrons. The minimum absolute atomic E-state index is 0.0946. The highest BCUT2D eigenvalue weighted by Crippen LogP contribution is 2.42. The minimum Gasteiger partial charge on any atom is -0.496 e. The maximum Gasteiger partial charge on any atom is 0.123 e. The van der Waals surface area contributed by atoms with Gasteiger partial charge in [0.15, 0.2) is 0 Å². The van der Waals surface area contributed by atoms with Crippen LogP contribution in [0.15, 0.2) is 18.2 Å². The van der Waals surface area contributed by atoms with Crippen molar-refractivity contribution in [2.45, 2.75) is 39.2 Å². The molecule has 0 bridgehead atoms. The lowest BCUT2D eigenvalue weighted by molar-refractivity contribution is 0.265. The van der Waals surface area contributed by atoms with Crippen LogP contribution < -0.4 is 10.1 Å². The van der Waals surface area contributed by atoms with Crippen LogP contribution in [-0.4, -0.2) is 13.7 Å². The quantitative estimate of drug-likeness (QED) is 0.865. The summed E-state index contributed by atoms with van der Waals surface area (Å²) in [7, 11) is 1.76. The number of aryl methyl sites for hydroxylation is 1. The Morgan fingerprint density at radius 3 is 2.65 bits per heavy atom. The molecule has 1 aromatic rings. The summed E-state index contributed by atoms with van der Waals surface area (Å²) >= 11 is 0. The second-order valence-corrected chi connectivity index (χ2v) is 5.36. The lowest BCUT2D eigenvalue weighted by Crippen LogP contribution is -2.42. The summed E-state index contributed by atoms with van der Waals surface area (Å²) in [6.07, 6.45) is 2.44. The van der Waals surface area contributed by atoms with Gasteiger partial charge in [-0.15, -0.1) is 0 Å². The Bertz CT molecular complexity index is 392. The fraction of sp³-hybridized carbons (Fsp3) is 0.600. The van der Waals surface area contributed by atoms with Gasteiger partial charge in [-0.05, 0) is 38.3 Å². The average molecular weight is 233 g/mol. The highest BCUT2D eigenvalue weighted by Gasteiger charge is 2.40. The van der Waals surface area contributed by atoms with Gasteiger partial charge in [-0.25, -0.2) is 0 Å². The molecule has 1 N–H and O–H groups in total. The molecule has 0 saturated carbocycles. The highest BCUT2D eigenvalue weighted by molar-refractivity contribution is 5.43. The molecule has 1 aliphatic rings. The van der Waals surface area contributed by atoms with Crippen LogP contribution in [0.5, 0.6) is 5.75 Å². The Balaban J connectivity index is 2.52. The summed E-state index contributed by atoms with van der Waals surface area (Å²) in [5.74, 6) is 1.58. The minimum atomic E-state index is 0.0946. The predicted molar refractivity (Wildman–Crippen MR) is 71.5 cm³/mol. The van der Waals surface area contributed by atoms with Gasteiger partial charge < -0.3 is 10.1 Å². The van der Waals surface area contributed by atoms with Gasteiger partial charge in [0.05, 0.1) is 7.11 Å². The number of rotatable bonds is 3. The van der Waals surface area contributed by atoms with Gasteiger partial charge in [0, 0.05) is 11.1 Å². The molecule has 0 radical (unpaired) electrons. The zero-order chi connectivity index (χ0) is 12.5. The van der Waals surface area contributed by atoms with E-state index >= 15 is 0 Å². The number of methoxy groups -OCH3 is 1. The number of hydrogen-bond acceptors (Lipinski definition) is 2. The van der Waals surface area contributed by atoms with Crippen molar-refractivity contribution in [1.82, 2.24) is 5.32 Å².